The summed E-state index contributed by atoms with van der Waals surface area (Å²) in [5.74, 6) is 6.28. The average Bonchev–Trinajstić information content (AvgIpc) is 2.98. The normalized spacial score (nSPS) is 14.4. The molecule has 0 radical (unpaired) electrons. The third-order valence-corrected chi connectivity index (χ3v) is 3.60. The van der Waals surface area contributed by atoms with Crippen LogP contribution in [-0.2, 0) is 4.79 Å². The van der Waals surface area contributed by atoms with Gasteiger partial charge in [0.2, 0.25) is 5.91 Å². The van der Waals surface area contributed by atoms with E-state index >= 15 is 0 Å². The molecule has 3 nitrogen and oxygen atoms in total. The number of benzene rings is 1. The highest BCUT2D eigenvalue weighted by Gasteiger charge is 2.21. The molecule has 1 aliphatic rings. The molecule has 1 aromatic carbocycles. The highest BCUT2D eigenvalue weighted by molar-refractivity contribution is 5.94. The van der Waals surface area contributed by atoms with E-state index in [4.69, 9.17) is 0 Å². The minimum absolute atomic E-state index is 0.0494. The smallest absolute Gasteiger partial charge is 0.223 e. The standard InChI is InChI=1S/C17H19NO2/c1-13(19)15-10-8-14(9-11-15)5-4-12-18-17(20)16-6-2-3-7-16/h8-11,16H,2-3,6-7,12H2,1H3,(H,18,20). The van der Waals surface area contributed by atoms with Crippen molar-refractivity contribution in [1.82, 2.24) is 5.32 Å². The Balaban J connectivity index is 1.82. The van der Waals surface area contributed by atoms with Gasteiger partial charge in [0, 0.05) is 17.0 Å². The number of carbonyl (C=O) groups excluding carboxylic acids is 2. The quantitative estimate of drug-likeness (QED) is 0.677. The molecule has 1 N–H and O–H groups in total. The van der Waals surface area contributed by atoms with Crippen molar-refractivity contribution in [3.63, 3.8) is 0 Å². The molecule has 1 amide bonds. The van der Waals surface area contributed by atoms with E-state index in [1.54, 1.807) is 19.1 Å². The van der Waals surface area contributed by atoms with Crippen LogP contribution in [-0.4, -0.2) is 18.2 Å². The van der Waals surface area contributed by atoms with Crippen LogP contribution in [0.15, 0.2) is 24.3 Å². The number of carbonyl (C=O) groups is 2. The van der Waals surface area contributed by atoms with Gasteiger partial charge in [-0.15, -0.1) is 0 Å². The van der Waals surface area contributed by atoms with E-state index in [-0.39, 0.29) is 17.6 Å². The molecule has 1 fully saturated rings. The van der Waals surface area contributed by atoms with Crippen molar-refractivity contribution in [1.29, 1.82) is 0 Å². The van der Waals surface area contributed by atoms with Gasteiger partial charge in [0.1, 0.15) is 0 Å². The number of Topliss-reactive ketones (excluding diaryl/α,β-unsaturated/α-hetero) is 1. The Morgan fingerprint density at radius 3 is 2.45 bits per heavy atom. The molecule has 1 saturated carbocycles. The molecule has 1 aromatic rings. The second kappa shape index (κ2) is 6.91. The molecule has 0 bridgehead atoms. The van der Waals surface area contributed by atoms with Crippen LogP contribution in [0.1, 0.15) is 48.5 Å². The average molecular weight is 269 g/mol. The van der Waals surface area contributed by atoms with Crippen LogP contribution in [0.25, 0.3) is 0 Å². The Bertz CT molecular complexity index is 543. The zero-order chi connectivity index (χ0) is 14.4. The maximum atomic E-state index is 11.8. The lowest BCUT2D eigenvalue weighted by Gasteiger charge is -2.07. The summed E-state index contributed by atoms with van der Waals surface area (Å²) in [7, 11) is 0. The van der Waals surface area contributed by atoms with Gasteiger partial charge < -0.3 is 5.32 Å². The summed E-state index contributed by atoms with van der Waals surface area (Å²) in [5.41, 5.74) is 1.54. The molecular weight excluding hydrogens is 250 g/mol. The van der Waals surface area contributed by atoms with Crippen molar-refractivity contribution in [2.45, 2.75) is 32.6 Å². The predicted octanol–water partition coefficient (Wildman–Crippen LogP) is 2.55. The Hall–Kier alpha value is -2.08. The molecule has 3 heteroatoms. The van der Waals surface area contributed by atoms with Gasteiger partial charge in [-0.3, -0.25) is 9.59 Å². The Kier molecular flexibility index (Phi) is 4.95. The van der Waals surface area contributed by atoms with Crippen LogP contribution in [0.2, 0.25) is 0 Å². The summed E-state index contributed by atoms with van der Waals surface area (Å²) in [6, 6.07) is 7.18. The summed E-state index contributed by atoms with van der Waals surface area (Å²) in [5, 5.41) is 2.86. The number of ketones is 1. The minimum atomic E-state index is 0.0494. The van der Waals surface area contributed by atoms with Gasteiger partial charge in [-0.1, -0.05) is 36.8 Å². The van der Waals surface area contributed by atoms with E-state index in [1.165, 1.54) is 0 Å². The summed E-state index contributed by atoms with van der Waals surface area (Å²) in [6.45, 7) is 1.92. The summed E-state index contributed by atoms with van der Waals surface area (Å²) >= 11 is 0. The zero-order valence-electron chi connectivity index (χ0n) is 11.7. The summed E-state index contributed by atoms with van der Waals surface area (Å²) in [4.78, 5) is 22.9. The van der Waals surface area contributed by atoms with Crippen LogP contribution >= 0.6 is 0 Å². The molecule has 0 spiro atoms. The van der Waals surface area contributed by atoms with E-state index < -0.39 is 0 Å². The highest BCUT2D eigenvalue weighted by Crippen LogP contribution is 2.24. The fourth-order valence-corrected chi connectivity index (χ4v) is 2.40. The van der Waals surface area contributed by atoms with Crippen molar-refractivity contribution in [2.75, 3.05) is 6.54 Å². The minimum Gasteiger partial charge on any atom is -0.345 e. The molecule has 0 atom stereocenters. The zero-order valence-corrected chi connectivity index (χ0v) is 11.7. The number of nitrogens with one attached hydrogen (secondary N) is 1. The van der Waals surface area contributed by atoms with E-state index in [0.29, 0.717) is 12.1 Å². The first-order chi connectivity index (χ1) is 9.66. The highest BCUT2D eigenvalue weighted by atomic mass is 16.1. The first kappa shape index (κ1) is 14.3. The van der Waals surface area contributed by atoms with Gasteiger partial charge in [-0.25, -0.2) is 0 Å². The molecule has 0 unspecified atom stereocenters. The molecular formula is C17H19NO2. The molecule has 0 aromatic heterocycles. The molecule has 0 aliphatic heterocycles. The number of rotatable bonds is 3. The third-order valence-electron chi connectivity index (χ3n) is 3.60. The fourth-order valence-electron chi connectivity index (χ4n) is 2.40. The third kappa shape index (κ3) is 3.96. The first-order valence-electron chi connectivity index (χ1n) is 7.04. The monoisotopic (exact) mass is 269 g/mol. The van der Waals surface area contributed by atoms with E-state index in [9.17, 15) is 9.59 Å². The van der Waals surface area contributed by atoms with Gasteiger partial charge in [0.05, 0.1) is 6.54 Å². The lowest BCUT2D eigenvalue weighted by molar-refractivity contribution is -0.124. The Labute approximate surface area is 119 Å². The van der Waals surface area contributed by atoms with E-state index in [2.05, 4.69) is 17.2 Å². The number of amides is 1. The SMILES string of the molecule is CC(=O)c1ccc(C#CCNC(=O)C2CCCC2)cc1. The summed E-state index contributed by atoms with van der Waals surface area (Å²) in [6.07, 6.45) is 4.33. The van der Waals surface area contributed by atoms with Crippen molar-refractivity contribution < 1.29 is 9.59 Å². The van der Waals surface area contributed by atoms with Gasteiger partial charge in [0.25, 0.3) is 0 Å². The molecule has 0 saturated heterocycles. The largest absolute Gasteiger partial charge is 0.345 e. The molecule has 0 heterocycles. The molecule has 2 rings (SSSR count). The lowest BCUT2D eigenvalue weighted by Crippen LogP contribution is -2.29. The second-order valence-corrected chi connectivity index (χ2v) is 5.13. The predicted molar refractivity (Wildman–Crippen MR) is 78.3 cm³/mol. The second-order valence-electron chi connectivity index (χ2n) is 5.13. The lowest BCUT2D eigenvalue weighted by atomic mass is 10.1. The van der Waals surface area contributed by atoms with Crippen molar-refractivity contribution in [3.05, 3.63) is 35.4 Å². The van der Waals surface area contributed by atoms with Crippen molar-refractivity contribution in [3.8, 4) is 11.8 Å². The van der Waals surface area contributed by atoms with Crippen molar-refractivity contribution >= 4 is 11.7 Å². The Morgan fingerprint density at radius 1 is 1.20 bits per heavy atom. The molecule has 104 valence electrons. The van der Waals surface area contributed by atoms with Crippen LogP contribution < -0.4 is 5.32 Å². The Morgan fingerprint density at radius 2 is 1.85 bits per heavy atom. The van der Waals surface area contributed by atoms with Gasteiger partial charge in [-0.2, -0.15) is 0 Å². The molecule has 1 aliphatic carbocycles. The van der Waals surface area contributed by atoms with E-state index in [0.717, 1.165) is 31.2 Å². The number of hydrogen-bond donors (Lipinski definition) is 1. The van der Waals surface area contributed by atoms with Gasteiger partial charge in [0.15, 0.2) is 5.78 Å². The van der Waals surface area contributed by atoms with Crippen molar-refractivity contribution in [2.24, 2.45) is 5.92 Å². The maximum absolute atomic E-state index is 11.8. The number of hydrogen-bond acceptors (Lipinski definition) is 2. The van der Waals surface area contributed by atoms with E-state index in [1.807, 2.05) is 12.1 Å². The first-order valence-corrected chi connectivity index (χ1v) is 7.04. The molecule has 20 heavy (non-hydrogen) atoms. The maximum Gasteiger partial charge on any atom is 0.223 e. The van der Waals surface area contributed by atoms with Crippen LogP contribution in [0, 0.1) is 17.8 Å². The van der Waals surface area contributed by atoms with Crippen LogP contribution in [0.4, 0.5) is 0 Å². The van der Waals surface area contributed by atoms with Crippen LogP contribution in [0.5, 0.6) is 0 Å². The van der Waals surface area contributed by atoms with Gasteiger partial charge >= 0.3 is 0 Å². The topological polar surface area (TPSA) is 46.2 Å². The summed E-state index contributed by atoms with van der Waals surface area (Å²) < 4.78 is 0. The fraction of sp³-hybridized carbons (Fsp3) is 0.412. The van der Waals surface area contributed by atoms with Gasteiger partial charge in [-0.05, 0) is 31.9 Å². The van der Waals surface area contributed by atoms with Crippen LogP contribution in [0.3, 0.4) is 0 Å².